The first kappa shape index (κ1) is 19.1. The molecule has 1 fully saturated rings. The van der Waals surface area contributed by atoms with E-state index in [1.807, 2.05) is 49.4 Å². The molecule has 0 radical (unpaired) electrons. The standard InChI is InChI=1S/C20H22N2O4S/c1-13-4-7-15(8-5-13)21-18(23)11-22-19(24)12-27-20(22)14-6-9-16(25-2)17(10-14)26-3/h4-10,20H,11-12H2,1-3H3,(H,21,23)/t20-/m1/s1. The summed E-state index contributed by atoms with van der Waals surface area (Å²) >= 11 is 1.49. The SMILES string of the molecule is COc1ccc([C@H]2SCC(=O)N2CC(=O)Nc2ccc(C)cc2)cc1OC. The number of rotatable bonds is 6. The normalized spacial score (nSPS) is 16.3. The average Bonchev–Trinajstić information content (AvgIpc) is 3.03. The summed E-state index contributed by atoms with van der Waals surface area (Å²) in [6.45, 7) is 1.98. The van der Waals surface area contributed by atoms with Gasteiger partial charge in [0.2, 0.25) is 11.8 Å². The number of hydrogen-bond acceptors (Lipinski definition) is 5. The van der Waals surface area contributed by atoms with Crippen LogP contribution in [0.2, 0.25) is 0 Å². The van der Waals surface area contributed by atoms with Gasteiger partial charge in [-0.3, -0.25) is 9.59 Å². The lowest BCUT2D eigenvalue weighted by molar-refractivity contribution is -0.132. The van der Waals surface area contributed by atoms with Gasteiger partial charge in [-0.05, 0) is 36.8 Å². The van der Waals surface area contributed by atoms with Gasteiger partial charge >= 0.3 is 0 Å². The number of anilines is 1. The van der Waals surface area contributed by atoms with Gasteiger partial charge in [-0.1, -0.05) is 23.8 Å². The molecule has 2 aromatic carbocycles. The first-order chi connectivity index (χ1) is 13.0. The molecule has 1 aliphatic heterocycles. The Morgan fingerprint density at radius 1 is 1.15 bits per heavy atom. The Kier molecular flexibility index (Phi) is 5.91. The van der Waals surface area contributed by atoms with Crippen LogP contribution >= 0.6 is 11.8 Å². The first-order valence-corrected chi connectivity index (χ1v) is 9.56. The highest BCUT2D eigenvalue weighted by atomic mass is 32.2. The Balaban J connectivity index is 1.74. The molecule has 0 aliphatic carbocycles. The van der Waals surface area contributed by atoms with Crippen molar-refractivity contribution < 1.29 is 19.1 Å². The summed E-state index contributed by atoms with van der Waals surface area (Å²) in [6.07, 6.45) is 0. The molecule has 1 saturated heterocycles. The van der Waals surface area contributed by atoms with Crippen LogP contribution in [0.1, 0.15) is 16.5 Å². The van der Waals surface area contributed by atoms with Crippen molar-refractivity contribution in [2.75, 3.05) is 31.8 Å². The van der Waals surface area contributed by atoms with E-state index in [2.05, 4.69) is 5.32 Å². The van der Waals surface area contributed by atoms with Crippen LogP contribution in [-0.4, -0.2) is 43.2 Å². The molecule has 2 amide bonds. The Labute approximate surface area is 162 Å². The molecule has 1 aliphatic rings. The van der Waals surface area contributed by atoms with Gasteiger partial charge in [0.05, 0.1) is 20.0 Å². The average molecular weight is 386 g/mol. The van der Waals surface area contributed by atoms with Gasteiger partial charge in [0.25, 0.3) is 0 Å². The predicted molar refractivity (Wildman–Crippen MR) is 106 cm³/mol. The largest absolute Gasteiger partial charge is 0.493 e. The molecule has 0 spiro atoms. The van der Waals surface area contributed by atoms with Crippen LogP contribution in [-0.2, 0) is 9.59 Å². The van der Waals surface area contributed by atoms with E-state index < -0.39 is 0 Å². The van der Waals surface area contributed by atoms with Crippen molar-refractivity contribution >= 4 is 29.3 Å². The molecule has 1 N–H and O–H groups in total. The summed E-state index contributed by atoms with van der Waals surface area (Å²) in [5.41, 5.74) is 2.73. The molecule has 0 unspecified atom stereocenters. The van der Waals surface area contributed by atoms with Crippen molar-refractivity contribution in [2.24, 2.45) is 0 Å². The number of methoxy groups -OCH3 is 2. The Bertz CT molecular complexity index is 838. The Hall–Kier alpha value is -2.67. The molecule has 27 heavy (non-hydrogen) atoms. The minimum absolute atomic E-state index is 0.00127. The van der Waals surface area contributed by atoms with Crippen molar-refractivity contribution in [1.29, 1.82) is 0 Å². The van der Waals surface area contributed by atoms with Gasteiger partial charge in [0.15, 0.2) is 11.5 Å². The van der Waals surface area contributed by atoms with E-state index in [1.165, 1.54) is 11.8 Å². The number of hydrogen-bond donors (Lipinski definition) is 1. The van der Waals surface area contributed by atoms with E-state index in [0.717, 1.165) is 11.1 Å². The van der Waals surface area contributed by atoms with Crippen molar-refractivity contribution in [3.8, 4) is 11.5 Å². The number of benzene rings is 2. The number of ether oxygens (including phenoxy) is 2. The van der Waals surface area contributed by atoms with Crippen LogP contribution in [0.15, 0.2) is 42.5 Å². The van der Waals surface area contributed by atoms with Crippen molar-refractivity contribution in [2.45, 2.75) is 12.3 Å². The number of amides is 2. The van der Waals surface area contributed by atoms with Crippen LogP contribution < -0.4 is 14.8 Å². The second kappa shape index (κ2) is 8.35. The molecular weight excluding hydrogens is 364 g/mol. The summed E-state index contributed by atoms with van der Waals surface area (Å²) in [5.74, 6) is 1.29. The fraction of sp³-hybridized carbons (Fsp3) is 0.300. The Morgan fingerprint density at radius 2 is 1.85 bits per heavy atom. The molecule has 6 nitrogen and oxygen atoms in total. The summed E-state index contributed by atoms with van der Waals surface area (Å²) in [5, 5.41) is 2.61. The highest BCUT2D eigenvalue weighted by Gasteiger charge is 2.34. The third kappa shape index (κ3) is 4.36. The lowest BCUT2D eigenvalue weighted by Gasteiger charge is -2.24. The van der Waals surface area contributed by atoms with E-state index in [-0.39, 0.29) is 23.7 Å². The lowest BCUT2D eigenvalue weighted by Crippen LogP contribution is -2.36. The quantitative estimate of drug-likeness (QED) is 0.826. The molecular formula is C20H22N2O4S. The number of carbonyl (C=O) groups excluding carboxylic acids is 2. The molecule has 1 heterocycles. The van der Waals surface area contributed by atoms with Crippen LogP contribution in [0.3, 0.4) is 0 Å². The lowest BCUT2D eigenvalue weighted by atomic mass is 10.1. The van der Waals surface area contributed by atoms with Gasteiger partial charge in [0, 0.05) is 5.69 Å². The van der Waals surface area contributed by atoms with Gasteiger partial charge in [0.1, 0.15) is 11.9 Å². The second-order valence-electron chi connectivity index (χ2n) is 6.21. The third-order valence-corrected chi connectivity index (χ3v) is 5.57. The second-order valence-corrected chi connectivity index (χ2v) is 7.28. The van der Waals surface area contributed by atoms with Crippen LogP contribution in [0.25, 0.3) is 0 Å². The minimum atomic E-state index is -0.235. The summed E-state index contributed by atoms with van der Waals surface area (Å²) in [7, 11) is 3.15. The zero-order chi connectivity index (χ0) is 19.4. The zero-order valence-corrected chi connectivity index (χ0v) is 16.3. The summed E-state index contributed by atoms with van der Waals surface area (Å²) < 4.78 is 10.6. The smallest absolute Gasteiger partial charge is 0.244 e. The monoisotopic (exact) mass is 386 g/mol. The van der Waals surface area contributed by atoms with Crippen molar-refractivity contribution in [3.05, 3.63) is 53.6 Å². The highest BCUT2D eigenvalue weighted by Crippen LogP contribution is 2.41. The predicted octanol–water partition coefficient (Wildman–Crippen LogP) is 3.22. The molecule has 3 rings (SSSR count). The summed E-state index contributed by atoms with van der Waals surface area (Å²) in [6, 6.07) is 13.1. The number of thioether (sulfide) groups is 1. The van der Waals surface area contributed by atoms with Gasteiger partial charge in [-0.2, -0.15) is 0 Å². The minimum Gasteiger partial charge on any atom is -0.493 e. The van der Waals surface area contributed by atoms with E-state index in [4.69, 9.17) is 9.47 Å². The van der Waals surface area contributed by atoms with Crippen LogP contribution in [0.4, 0.5) is 5.69 Å². The van der Waals surface area contributed by atoms with Gasteiger partial charge in [-0.15, -0.1) is 11.8 Å². The van der Waals surface area contributed by atoms with E-state index >= 15 is 0 Å². The molecule has 7 heteroatoms. The maximum absolute atomic E-state index is 12.4. The van der Waals surface area contributed by atoms with Crippen molar-refractivity contribution in [1.82, 2.24) is 4.90 Å². The first-order valence-electron chi connectivity index (χ1n) is 8.51. The van der Waals surface area contributed by atoms with E-state index in [9.17, 15) is 9.59 Å². The number of carbonyl (C=O) groups is 2. The highest BCUT2D eigenvalue weighted by molar-refractivity contribution is 8.00. The molecule has 142 valence electrons. The van der Waals surface area contributed by atoms with Crippen molar-refractivity contribution in [3.63, 3.8) is 0 Å². The van der Waals surface area contributed by atoms with E-state index in [1.54, 1.807) is 19.1 Å². The maximum Gasteiger partial charge on any atom is 0.244 e. The zero-order valence-electron chi connectivity index (χ0n) is 15.5. The fourth-order valence-corrected chi connectivity index (χ4v) is 4.08. The molecule has 1 atom stereocenters. The summed E-state index contributed by atoms with van der Waals surface area (Å²) in [4.78, 5) is 26.4. The topological polar surface area (TPSA) is 67.9 Å². The van der Waals surface area contributed by atoms with Crippen LogP contribution in [0, 0.1) is 6.92 Å². The fourth-order valence-electron chi connectivity index (χ4n) is 2.90. The number of aryl methyl sites for hydroxylation is 1. The van der Waals surface area contributed by atoms with Crippen LogP contribution in [0.5, 0.6) is 11.5 Å². The van der Waals surface area contributed by atoms with Gasteiger partial charge in [-0.25, -0.2) is 0 Å². The maximum atomic E-state index is 12.4. The number of nitrogens with one attached hydrogen (secondary N) is 1. The molecule has 2 aromatic rings. The molecule has 0 aromatic heterocycles. The van der Waals surface area contributed by atoms with E-state index in [0.29, 0.717) is 22.9 Å². The molecule has 0 saturated carbocycles. The van der Waals surface area contributed by atoms with Gasteiger partial charge < -0.3 is 19.7 Å². The Morgan fingerprint density at radius 3 is 2.52 bits per heavy atom. The third-order valence-electron chi connectivity index (χ3n) is 4.31. The number of nitrogens with zero attached hydrogens (tertiary/aromatic N) is 1. The molecule has 0 bridgehead atoms.